The molecule has 8 fully saturated rings. The molecule has 28 N–H and O–H groups in total. The van der Waals surface area contributed by atoms with Crippen LogP contribution in [0.1, 0.15) is 76.6 Å². The van der Waals surface area contributed by atoms with Gasteiger partial charge < -0.3 is 238 Å². The van der Waals surface area contributed by atoms with Gasteiger partial charge in [-0.25, -0.2) is 0 Å². The number of hydrogen-bond acceptors (Lipinski definition) is 52. The Kier molecular flexibility index (Phi) is 43.4. The average molecular weight is 1980 g/mol. The van der Waals surface area contributed by atoms with E-state index >= 15 is 0 Å². The van der Waals surface area contributed by atoms with E-state index in [9.17, 15) is 157 Å². The molecule has 12 rings (SSSR count). The van der Waals surface area contributed by atoms with Crippen LogP contribution in [0.15, 0.2) is 72.8 Å². The smallest absolute Gasteiger partial charge is 0.229 e. The number of ether oxygens (including phenoxy) is 20. The Morgan fingerprint density at radius 1 is 0.219 bits per heavy atom. The van der Waals surface area contributed by atoms with Gasteiger partial charge in [-0.15, -0.1) is 0 Å². The van der Waals surface area contributed by atoms with Crippen LogP contribution in [0.3, 0.4) is 0 Å². The maximum Gasteiger partial charge on any atom is 0.229 e. The lowest BCUT2D eigenvalue weighted by Crippen LogP contribution is -2.67. The third-order valence-corrected chi connectivity index (χ3v) is 23.1. The lowest BCUT2D eigenvalue weighted by molar-refractivity contribution is -0.384. The van der Waals surface area contributed by atoms with E-state index in [4.69, 9.17) is 99.8 Å². The SMILES string of the molecule is C.COc1cc(C(C)=O)ccc1O[C@@H]1O[C@H](CO)[C@@H](O)[C@H](O)[C@H]1O.COc1cc(C(C)=O)ccc1O[C@@H]1O[C@H](CO)[C@@H](O)[C@H](O)[C@H]1O[C@@H]1O[C@H](CO)[C@@H](O)[C@H](O)[C@H]1O.COc1cc(C(C)=O)ccc1O[C@@H]1O[C@H](CO)[C@@H](O)[C@H](O[C@@H]2O[C@H](CO)[C@@H](O)[C@H](O)[C@H]2O)[C@H]1O.COc1cc(C(C)=O)ccc1O[C@@H]1O[C@H](CO)[C@@H](O)[C@H](O[C@@H]2O[C@H](CO)[C@@H](O)[C@H](O)[C@H]2O)[C@H]1O[C@@H]1O[C@H](CO)[C@@H](O)[C@H](O)[C@H]1O. The summed E-state index contributed by atoms with van der Waals surface area (Å²) in [5.74, 6) is 0.0255. The molecule has 0 aromatic heterocycles. The molecule has 0 aliphatic carbocycles. The number of aliphatic hydroxyl groups excluding tert-OH is 28. The van der Waals surface area contributed by atoms with Gasteiger partial charge in [-0.05, 0) is 100 Å². The van der Waals surface area contributed by atoms with Crippen molar-refractivity contribution < 1.29 is 257 Å². The van der Waals surface area contributed by atoms with Crippen molar-refractivity contribution in [2.75, 3.05) is 81.3 Å². The highest BCUT2D eigenvalue weighted by Gasteiger charge is 2.58. The van der Waals surface area contributed by atoms with Gasteiger partial charge in [0.1, 0.15) is 183 Å². The van der Waals surface area contributed by atoms with Gasteiger partial charge >= 0.3 is 0 Å². The summed E-state index contributed by atoms with van der Waals surface area (Å²) in [6.07, 6.45) is -64.4. The minimum atomic E-state index is -1.94. The molecule has 4 aromatic rings. The van der Waals surface area contributed by atoms with Gasteiger partial charge in [0.25, 0.3) is 0 Å². The Balaban J connectivity index is 0.000000229. The van der Waals surface area contributed by atoms with Gasteiger partial charge in [0.15, 0.2) is 106 Å². The second-order valence-electron chi connectivity index (χ2n) is 32.2. The molecule has 8 aliphatic rings. The fourth-order valence-corrected chi connectivity index (χ4v) is 15.0. The molecule has 137 heavy (non-hydrogen) atoms. The Morgan fingerprint density at radius 2 is 0.409 bits per heavy atom. The maximum atomic E-state index is 11.9. The lowest BCUT2D eigenvalue weighted by Gasteiger charge is -2.48. The van der Waals surface area contributed by atoms with Crippen molar-refractivity contribution in [2.45, 2.75) is 281 Å². The van der Waals surface area contributed by atoms with Crippen LogP contribution in [0.5, 0.6) is 46.0 Å². The summed E-state index contributed by atoms with van der Waals surface area (Å²) in [5, 5.41) is 282. The molecule has 0 unspecified atom stereocenters. The number of aliphatic hydroxyl groups is 28. The Labute approximate surface area is 780 Å². The monoisotopic (exact) mass is 1980 g/mol. The van der Waals surface area contributed by atoms with Gasteiger partial charge in [-0.1, -0.05) is 7.43 Å². The maximum absolute atomic E-state index is 11.9. The summed E-state index contributed by atoms with van der Waals surface area (Å²) in [6, 6.07) is 17.2. The van der Waals surface area contributed by atoms with Gasteiger partial charge in [-0.3, -0.25) is 19.2 Å². The molecule has 0 bridgehead atoms. The van der Waals surface area contributed by atoms with Crippen LogP contribution in [-0.2, 0) is 56.8 Å². The summed E-state index contributed by atoms with van der Waals surface area (Å²) >= 11 is 0. The molecule has 8 aliphatic heterocycles. The van der Waals surface area contributed by atoms with Crippen LogP contribution >= 0.6 is 0 Å². The van der Waals surface area contributed by atoms with E-state index in [1.54, 1.807) is 0 Å². The van der Waals surface area contributed by atoms with Crippen molar-refractivity contribution in [1.82, 2.24) is 0 Å². The van der Waals surface area contributed by atoms with Crippen molar-refractivity contribution in [1.29, 1.82) is 0 Å². The van der Waals surface area contributed by atoms with Gasteiger partial charge in [0.2, 0.25) is 25.2 Å². The third-order valence-electron chi connectivity index (χ3n) is 23.1. The second-order valence-corrected chi connectivity index (χ2v) is 32.2. The van der Waals surface area contributed by atoms with Gasteiger partial charge in [-0.2, -0.15) is 0 Å². The summed E-state index contributed by atoms with van der Waals surface area (Å²) in [6.45, 7) is -0.259. The largest absolute Gasteiger partial charge is 0.493 e. The number of carbonyl (C=O) groups excluding carboxylic acids is 4. The van der Waals surface area contributed by atoms with Gasteiger partial charge in [0.05, 0.1) is 81.3 Å². The van der Waals surface area contributed by atoms with E-state index in [0.717, 1.165) is 0 Å². The van der Waals surface area contributed by atoms with E-state index in [0.29, 0.717) is 16.7 Å². The van der Waals surface area contributed by atoms with E-state index < -0.39 is 299 Å². The van der Waals surface area contributed by atoms with Crippen molar-refractivity contribution in [3.8, 4) is 46.0 Å². The van der Waals surface area contributed by atoms with Crippen LogP contribution in [-0.4, -0.2) is 493 Å². The highest BCUT2D eigenvalue weighted by atomic mass is 16.8. The third kappa shape index (κ3) is 26.8. The lowest BCUT2D eigenvalue weighted by atomic mass is 9.96. The van der Waals surface area contributed by atoms with E-state index in [1.807, 2.05) is 0 Å². The predicted molar refractivity (Wildman–Crippen MR) is 447 cm³/mol. The number of ketones is 4. The zero-order valence-corrected chi connectivity index (χ0v) is 74.0. The van der Waals surface area contributed by atoms with E-state index in [1.165, 1.54) is 129 Å². The number of methoxy groups -OCH3 is 4. The molecule has 8 saturated heterocycles. The summed E-state index contributed by atoms with van der Waals surface area (Å²) in [4.78, 5) is 46.5. The zero-order chi connectivity index (χ0) is 101. The fourth-order valence-electron chi connectivity index (χ4n) is 15.0. The quantitative estimate of drug-likeness (QED) is 0.0202. The predicted octanol–water partition coefficient (Wildman–Crippen LogP) is -11.8. The van der Waals surface area contributed by atoms with Crippen LogP contribution in [0, 0.1) is 0 Å². The molecule has 776 valence electrons. The standard InChI is InChI=1S/C27H40O18.2C21H30O13.C15H20O8.CH4/c1-9(31)10-3-4-11(12(5-10)39-2)40-27-24(45-26-22(38)20(36)17(33)14(7-29)42-26)23(18(34)15(8-30)43-27)44-25-21(37)19(35)16(32)13(6-28)41-25;1-8(24)9-3-4-10(11(5-9)30-2)31-21-18(29)19(15(26)13(7-23)33-21)34-20-17(28)16(27)14(25)12(6-22)32-20;1-8(24)9-3-4-10(11(5-9)30-2)31-21-19(17(28)15(26)13(7-23)33-21)34-20-18(29)16(27)14(25)12(6-22)32-20;1-7(17)8-3-4-9(10(5-8)21-2)22-15-14(20)13(19)12(18)11(6-16)23-15;/h3-5,13-30,32-38H,6-8H2,1-2H3;2*3-5,12-23,25-29H,6-7H2,1-2H3;3-5,11-16,18-20H,6H2,1-2H3;1H4/t13-,14-,15-,16-,17-,18-,19+,20+,21-,22-,23+,24-,25+,26+,27-;12-,13-,14-,15-,16+,17-,18-,19+,20+,21-;12-,13-,14-,15-,16+,17+,18-,19-,20+,21-;11-,12-,13+,14-,15-;/m1111./s1. The second kappa shape index (κ2) is 51.9. The first kappa shape index (κ1) is 115. The van der Waals surface area contributed by atoms with Crippen molar-refractivity contribution in [2.24, 2.45) is 0 Å². The molecule has 0 spiro atoms. The number of Topliss-reactive ketones (excluding diaryl/α,β-unsaturated/α-hetero) is 4. The number of hydrogen-bond donors (Lipinski definition) is 28. The van der Waals surface area contributed by atoms with Crippen LogP contribution in [0.4, 0.5) is 0 Å². The minimum Gasteiger partial charge on any atom is -0.493 e. The normalized spacial score (nSPS) is 38.1. The topological polar surface area (TPSA) is 819 Å². The first-order chi connectivity index (χ1) is 64.5. The number of rotatable bonds is 32. The van der Waals surface area contributed by atoms with E-state index in [2.05, 4.69) is 0 Å². The number of carbonyl (C=O) groups is 4. The molecule has 52 heteroatoms. The Hall–Kier alpha value is -7.64. The first-order valence-electron chi connectivity index (χ1n) is 42.3. The summed E-state index contributed by atoms with van der Waals surface area (Å²) in [5.41, 5.74) is 1.38. The molecule has 0 radical (unpaired) electrons. The van der Waals surface area contributed by atoms with Crippen molar-refractivity contribution in [3.05, 3.63) is 95.1 Å². The van der Waals surface area contributed by atoms with Crippen LogP contribution < -0.4 is 37.9 Å². The molecule has 0 saturated carbocycles. The van der Waals surface area contributed by atoms with Crippen molar-refractivity contribution >= 4 is 23.1 Å². The molecular formula is C85H124O52. The molecule has 52 nitrogen and oxygen atoms in total. The molecule has 0 amide bonds. The van der Waals surface area contributed by atoms with Gasteiger partial charge in [0, 0.05) is 22.3 Å². The van der Waals surface area contributed by atoms with Crippen LogP contribution in [0.2, 0.25) is 0 Å². The molecular weight excluding hydrogens is 1850 g/mol. The Bertz CT molecular complexity index is 4410. The average Bonchev–Trinajstić information content (AvgIpc) is 0.775. The minimum absolute atomic E-state index is 0. The highest BCUT2D eigenvalue weighted by Crippen LogP contribution is 2.42. The summed E-state index contributed by atoms with van der Waals surface area (Å²) in [7, 11) is 5.36. The first-order valence-corrected chi connectivity index (χ1v) is 42.3. The molecule has 40 atom stereocenters. The van der Waals surface area contributed by atoms with Crippen molar-refractivity contribution in [3.63, 3.8) is 0 Å². The highest BCUT2D eigenvalue weighted by molar-refractivity contribution is 5.96. The number of benzene rings is 4. The van der Waals surface area contributed by atoms with Crippen LogP contribution in [0.25, 0.3) is 0 Å². The molecule has 4 aromatic carbocycles. The zero-order valence-electron chi connectivity index (χ0n) is 74.0. The molecule has 8 heterocycles. The fraction of sp³-hybridized carbons (Fsp3) is 0.671. The Morgan fingerprint density at radius 3 is 0.664 bits per heavy atom. The van der Waals surface area contributed by atoms with E-state index in [-0.39, 0.29) is 82.1 Å². The summed E-state index contributed by atoms with van der Waals surface area (Å²) < 4.78 is 110.